The highest BCUT2D eigenvalue weighted by Crippen LogP contribution is 2.24. The number of ketones is 1. The molecule has 0 unspecified atom stereocenters. The first-order chi connectivity index (χ1) is 10.8. The lowest BCUT2D eigenvalue weighted by atomic mass is 9.92. The van der Waals surface area contributed by atoms with E-state index in [2.05, 4.69) is 21.6 Å². The van der Waals surface area contributed by atoms with Crippen LogP contribution in [0.5, 0.6) is 0 Å². The smallest absolute Gasteiger partial charge is 0.214 e. The third-order valence-corrected chi connectivity index (χ3v) is 4.11. The third-order valence-electron chi connectivity index (χ3n) is 3.19. The molecule has 1 aromatic carbocycles. The van der Waals surface area contributed by atoms with E-state index in [0.717, 1.165) is 11.3 Å². The number of rotatable bonds is 4. The molecule has 6 heteroatoms. The van der Waals surface area contributed by atoms with E-state index >= 15 is 0 Å². The average molecular weight is 334 g/mol. The van der Waals surface area contributed by atoms with E-state index in [-0.39, 0.29) is 11.2 Å². The summed E-state index contributed by atoms with van der Waals surface area (Å²) < 4.78 is 1.69. The van der Waals surface area contributed by atoms with Gasteiger partial charge in [0.25, 0.3) is 0 Å². The van der Waals surface area contributed by atoms with E-state index in [1.807, 2.05) is 60.6 Å². The van der Waals surface area contributed by atoms with Crippen LogP contribution in [0.4, 0.5) is 0 Å². The number of carbonyl (C=O) groups is 1. The minimum Gasteiger partial charge on any atom is -0.298 e. The van der Waals surface area contributed by atoms with Gasteiger partial charge in [-0.25, -0.2) is 0 Å². The van der Waals surface area contributed by atoms with Gasteiger partial charge in [0.05, 0.1) is 11.4 Å². The van der Waals surface area contributed by atoms with Crippen molar-refractivity contribution in [1.29, 1.82) is 0 Å². The number of Topliss-reactive ketones (excluding diaryl/α,β-unsaturated/α-hetero) is 1. The zero-order valence-electron chi connectivity index (χ0n) is 15.0. The number of aryl methyl sites for hydroxylation is 2. The van der Waals surface area contributed by atoms with Crippen molar-refractivity contribution < 1.29 is 4.79 Å². The molecule has 2 rings (SSSR count). The molecule has 0 aliphatic rings. The lowest BCUT2D eigenvalue weighted by Gasteiger charge is -2.15. The Bertz CT molecular complexity index is 659. The van der Waals surface area contributed by atoms with Gasteiger partial charge in [0, 0.05) is 5.41 Å². The summed E-state index contributed by atoms with van der Waals surface area (Å²) in [5.74, 6) is 0.553. The number of carbonyl (C=O) groups excluding carboxylic acids is 1. The summed E-state index contributed by atoms with van der Waals surface area (Å²) >= 11 is 1.37. The van der Waals surface area contributed by atoms with Crippen molar-refractivity contribution in [1.82, 2.24) is 20.2 Å². The van der Waals surface area contributed by atoms with Gasteiger partial charge >= 0.3 is 0 Å². The van der Waals surface area contributed by atoms with Crippen LogP contribution in [0, 0.1) is 19.3 Å². The maximum absolute atomic E-state index is 12.0. The molecule has 1 aromatic heterocycles. The number of tetrazole rings is 1. The third kappa shape index (κ3) is 5.16. The predicted octanol–water partition coefficient (Wildman–Crippen LogP) is 4.01. The van der Waals surface area contributed by atoms with Crippen molar-refractivity contribution in [3.63, 3.8) is 0 Å². The van der Waals surface area contributed by atoms with Gasteiger partial charge < -0.3 is 0 Å². The Kier molecular flexibility index (Phi) is 6.94. The quantitative estimate of drug-likeness (QED) is 0.791. The van der Waals surface area contributed by atoms with E-state index in [4.69, 9.17) is 0 Å². The van der Waals surface area contributed by atoms with Gasteiger partial charge in [0.15, 0.2) is 0 Å². The first-order valence-corrected chi connectivity index (χ1v) is 8.79. The van der Waals surface area contributed by atoms with Crippen LogP contribution in [-0.4, -0.2) is 31.7 Å². The Morgan fingerprint density at radius 3 is 2.43 bits per heavy atom. The number of hydrogen-bond acceptors (Lipinski definition) is 5. The van der Waals surface area contributed by atoms with Gasteiger partial charge in [0.1, 0.15) is 5.78 Å². The molecular weight excluding hydrogens is 308 g/mol. The fourth-order valence-corrected chi connectivity index (χ4v) is 2.85. The minimum absolute atomic E-state index is 0.183. The number of benzene rings is 1. The van der Waals surface area contributed by atoms with E-state index in [9.17, 15) is 4.79 Å². The van der Waals surface area contributed by atoms with Gasteiger partial charge in [0.2, 0.25) is 5.16 Å². The van der Waals surface area contributed by atoms with Crippen molar-refractivity contribution in [3.05, 3.63) is 29.3 Å². The largest absolute Gasteiger partial charge is 0.298 e. The first-order valence-electron chi connectivity index (χ1n) is 7.81. The normalized spacial score (nSPS) is 10.9. The highest BCUT2D eigenvalue weighted by Gasteiger charge is 2.22. The lowest BCUT2D eigenvalue weighted by Crippen LogP contribution is -2.22. The highest BCUT2D eigenvalue weighted by atomic mass is 32.2. The summed E-state index contributed by atoms with van der Waals surface area (Å²) in [4.78, 5) is 12.0. The highest BCUT2D eigenvalue weighted by molar-refractivity contribution is 7.99. The molecule has 0 aliphatic heterocycles. The van der Waals surface area contributed by atoms with Crippen LogP contribution in [0.2, 0.25) is 0 Å². The van der Waals surface area contributed by atoms with Gasteiger partial charge in [-0.05, 0) is 35.9 Å². The van der Waals surface area contributed by atoms with Crippen molar-refractivity contribution >= 4 is 17.5 Å². The number of aromatic nitrogens is 4. The fourth-order valence-electron chi connectivity index (χ4n) is 1.81. The zero-order chi connectivity index (χ0) is 17.6. The van der Waals surface area contributed by atoms with E-state index in [0.29, 0.717) is 10.9 Å². The molecule has 23 heavy (non-hydrogen) atoms. The molecular formula is C17H26N4OS. The van der Waals surface area contributed by atoms with Crippen molar-refractivity contribution in [2.75, 3.05) is 5.75 Å². The monoisotopic (exact) mass is 334 g/mol. The Labute approximate surface area is 142 Å². The molecule has 0 amide bonds. The summed E-state index contributed by atoms with van der Waals surface area (Å²) in [6.07, 6.45) is 0. The van der Waals surface area contributed by atoms with Crippen LogP contribution in [0.15, 0.2) is 23.4 Å². The maximum atomic E-state index is 12.0. The zero-order valence-corrected chi connectivity index (χ0v) is 15.9. The Morgan fingerprint density at radius 2 is 1.87 bits per heavy atom. The second-order valence-corrected chi connectivity index (χ2v) is 7.07. The topological polar surface area (TPSA) is 60.7 Å². The maximum Gasteiger partial charge on any atom is 0.214 e. The molecule has 0 bridgehead atoms. The minimum atomic E-state index is -0.342. The first kappa shape index (κ1) is 19.4. The van der Waals surface area contributed by atoms with Crippen LogP contribution in [-0.2, 0) is 4.79 Å². The van der Waals surface area contributed by atoms with E-state index in [1.54, 1.807) is 4.68 Å². The molecule has 0 aliphatic carbocycles. The molecule has 0 radical (unpaired) electrons. The molecule has 5 nitrogen and oxygen atoms in total. The second-order valence-electron chi connectivity index (χ2n) is 6.13. The fraction of sp³-hybridized carbons (Fsp3) is 0.529. The molecule has 0 spiro atoms. The Hall–Kier alpha value is -1.69. The summed E-state index contributed by atoms with van der Waals surface area (Å²) in [6.45, 7) is 13.8. The molecule has 126 valence electrons. The summed E-state index contributed by atoms with van der Waals surface area (Å²) in [5, 5.41) is 12.4. The molecule has 0 atom stereocenters. The number of hydrogen-bond donors (Lipinski definition) is 0. The van der Waals surface area contributed by atoms with Crippen LogP contribution < -0.4 is 0 Å². The molecule has 0 N–H and O–H groups in total. The van der Waals surface area contributed by atoms with Gasteiger partial charge in [-0.3, -0.25) is 4.79 Å². The standard InChI is InChI=1S/C15H20N4OS.C2H6/c1-10-6-7-12(11(2)8-10)19-14(16-17-18-19)21-9-13(20)15(3,4)5;1-2/h6-8H,9H2,1-5H3;1-2H3. The number of nitrogens with zero attached hydrogens (tertiary/aromatic N) is 4. The van der Waals surface area contributed by atoms with Crippen LogP contribution in [0.25, 0.3) is 5.69 Å². The van der Waals surface area contributed by atoms with Crippen LogP contribution >= 0.6 is 11.8 Å². The van der Waals surface area contributed by atoms with Crippen molar-refractivity contribution in [2.45, 2.75) is 53.6 Å². The second kappa shape index (κ2) is 8.24. The van der Waals surface area contributed by atoms with Gasteiger partial charge in [-0.15, -0.1) is 5.10 Å². The SMILES string of the molecule is CC.Cc1ccc(-n2nnnc2SCC(=O)C(C)(C)C)c(C)c1. The lowest BCUT2D eigenvalue weighted by molar-refractivity contribution is -0.123. The molecule has 2 aromatic rings. The van der Waals surface area contributed by atoms with Crippen molar-refractivity contribution in [2.24, 2.45) is 5.41 Å². The molecule has 0 fully saturated rings. The number of thioether (sulfide) groups is 1. The molecule has 0 saturated heterocycles. The summed E-state index contributed by atoms with van der Waals surface area (Å²) in [5.41, 5.74) is 2.90. The molecule has 0 saturated carbocycles. The molecule has 1 heterocycles. The average Bonchev–Trinajstić information content (AvgIpc) is 2.94. The Morgan fingerprint density at radius 1 is 1.22 bits per heavy atom. The summed E-state index contributed by atoms with van der Waals surface area (Å²) in [6, 6.07) is 6.11. The van der Waals surface area contributed by atoms with Crippen LogP contribution in [0.1, 0.15) is 45.7 Å². The van der Waals surface area contributed by atoms with E-state index < -0.39 is 0 Å². The van der Waals surface area contributed by atoms with Crippen LogP contribution in [0.3, 0.4) is 0 Å². The van der Waals surface area contributed by atoms with E-state index in [1.165, 1.54) is 17.3 Å². The Balaban J connectivity index is 0.00000127. The predicted molar refractivity (Wildman–Crippen MR) is 95.2 cm³/mol. The van der Waals surface area contributed by atoms with Gasteiger partial charge in [-0.2, -0.15) is 4.68 Å². The summed E-state index contributed by atoms with van der Waals surface area (Å²) in [7, 11) is 0. The van der Waals surface area contributed by atoms with Gasteiger partial charge in [-0.1, -0.05) is 64.1 Å². The van der Waals surface area contributed by atoms with Crippen molar-refractivity contribution in [3.8, 4) is 5.69 Å².